The van der Waals surface area contributed by atoms with Crippen LogP contribution in [0.1, 0.15) is 57.2 Å². The number of ether oxygens (including phenoxy) is 8. The first-order valence-corrected chi connectivity index (χ1v) is 32.1. The minimum atomic E-state index is -4.27. The highest BCUT2D eigenvalue weighted by atomic mass is 32.2. The second-order valence-corrected chi connectivity index (χ2v) is 26.0. The Bertz CT molecular complexity index is 3250. The number of rotatable bonds is 29. The van der Waals surface area contributed by atoms with Crippen LogP contribution in [-0.4, -0.2) is 164 Å². The smallest absolute Gasteiger partial charge is 0.444 e. The number of nitro benzene ring substituents is 1. The van der Waals surface area contributed by atoms with E-state index < -0.39 is 86.0 Å². The average molecular weight is 1280 g/mol. The molecule has 89 heavy (non-hydrogen) atoms. The zero-order chi connectivity index (χ0) is 64.5. The molecule has 5 N–H and O–H groups in total. The monoisotopic (exact) mass is 1280 g/mol. The number of nitrogen functional groups attached to an aromatic ring is 1. The van der Waals surface area contributed by atoms with Crippen molar-refractivity contribution in [2.75, 3.05) is 78.5 Å². The summed E-state index contributed by atoms with van der Waals surface area (Å²) in [4.78, 5) is 62.6. The van der Waals surface area contributed by atoms with Crippen LogP contribution < -0.4 is 26.4 Å². The van der Waals surface area contributed by atoms with Crippen LogP contribution in [0.5, 0.6) is 5.75 Å². The van der Waals surface area contributed by atoms with Gasteiger partial charge in [-0.2, -0.15) is 8.61 Å². The van der Waals surface area contributed by atoms with Crippen LogP contribution in [0.3, 0.4) is 0 Å². The summed E-state index contributed by atoms with van der Waals surface area (Å²) in [6.07, 6.45) is -5.41. The van der Waals surface area contributed by atoms with Gasteiger partial charge in [-0.3, -0.25) is 10.1 Å². The molecule has 7 rings (SSSR count). The van der Waals surface area contributed by atoms with Crippen molar-refractivity contribution < 1.29 is 78.8 Å². The first-order valence-electron chi connectivity index (χ1n) is 29.2. The Balaban J connectivity index is 0.000000286. The second-order valence-electron chi connectivity index (χ2n) is 22.1. The van der Waals surface area contributed by atoms with Crippen molar-refractivity contribution in [1.82, 2.24) is 24.6 Å². The number of benzene rings is 5. The van der Waals surface area contributed by atoms with Gasteiger partial charge in [0.15, 0.2) is 0 Å². The van der Waals surface area contributed by atoms with Gasteiger partial charge in [-0.05, 0) is 98.3 Å². The van der Waals surface area contributed by atoms with Crippen molar-refractivity contribution in [3.8, 4) is 5.75 Å². The summed E-state index contributed by atoms with van der Waals surface area (Å²) < 4.78 is 102. The molecule has 0 bridgehead atoms. The number of anilines is 1. The molecule has 5 aromatic carbocycles. The van der Waals surface area contributed by atoms with Gasteiger partial charge in [-0.15, -0.1) is 0 Å². The molecule has 0 aliphatic carbocycles. The molecule has 0 saturated carbocycles. The predicted molar refractivity (Wildman–Crippen MR) is 329 cm³/mol. The first-order chi connectivity index (χ1) is 42.5. The molecule has 2 aliphatic heterocycles. The second kappa shape index (κ2) is 34.7. The highest BCUT2D eigenvalue weighted by molar-refractivity contribution is 7.89. The topological polar surface area (TPSA) is 322 Å². The minimum Gasteiger partial charge on any atom is -0.444 e. The van der Waals surface area contributed by atoms with Gasteiger partial charge in [-0.25, -0.2) is 36.0 Å². The Labute approximate surface area is 520 Å². The number of nitrogens with one attached hydrogen (secondary N) is 3. The van der Waals surface area contributed by atoms with Gasteiger partial charge in [0.2, 0.25) is 20.0 Å². The lowest BCUT2D eigenvalue weighted by atomic mass is 10.0. The molecule has 6 atom stereocenters. The summed E-state index contributed by atoms with van der Waals surface area (Å²) in [6, 6.07) is 33.6. The number of carbonyl (C=O) groups is 4. The summed E-state index contributed by atoms with van der Waals surface area (Å²) in [5.41, 5.74) is 8.50. The third-order valence-electron chi connectivity index (χ3n) is 13.8. The molecule has 27 heteroatoms. The first kappa shape index (κ1) is 70.2. The molecule has 2 amide bonds. The number of likely N-dealkylation sites (N-methyl/N-ethyl adjacent to an activating group) is 1. The molecule has 5 aromatic rings. The van der Waals surface area contributed by atoms with Gasteiger partial charge < -0.3 is 59.6 Å². The van der Waals surface area contributed by atoms with Gasteiger partial charge in [0.25, 0.3) is 5.69 Å². The summed E-state index contributed by atoms with van der Waals surface area (Å²) in [5, 5.41) is 19.7. The number of amides is 2. The van der Waals surface area contributed by atoms with E-state index in [2.05, 4.69) is 16.0 Å². The molecule has 2 fully saturated rings. The van der Waals surface area contributed by atoms with Crippen LogP contribution >= 0.6 is 0 Å². The summed E-state index contributed by atoms with van der Waals surface area (Å²) in [5.74, 6) is -0.0226. The molecule has 0 radical (unpaired) electrons. The number of aryl methyl sites for hydroxylation is 1. The Morgan fingerprint density at radius 2 is 1.07 bits per heavy atom. The number of carbonyl (C=O) groups excluding carboxylic acids is 4. The van der Waals surface area contributed by atoms with E-state index in [4.69, 9.17) is 43.6 Å². The lowest BCUT2D eigenvalue weighted by Crippen LogP contribution is -2.53. The van der Waals surface area contributed by atoms with E-state index in [9.17, 15) is 46.1 Å². The van der Waals surface area contributed by atoms with Crippen molar-refractivity contribution in [3.63, 3.8) is 0 Å². The fraction of sp³-hybridized carbons (Fsp3) is 0.452. The van der Waals surface area contributed by atoms with E-state index in [-0.39, 0.29) is 91.9 Å². The van der Waals surface area contributed by atoms with E-state index in [1.165, 1.54) is 28.6 Å². The summed E-state index contributed by atoms with van der Waals surface area (Å²) >= 11 is 0. The third-order valence-corrected chi connectivity index (χ3v) is 17.5. The molecule has 25 nitrogen and oxygen atoms in total. The van der Waals surface area contributed by atoms with E-state index in [1.54, 1.807) is 31.3 Å². The SMILES string of the molecule is CNCCOC(=O)OC(CN(CC(C)C)S(=O)(=O)c1ccc(N)cc1)[C@H](Cc1ccccc1)NC(=O)OC1CCOC1.Cc1ccc(OC(=O)OC(CN(CC(C)C)S(=O)(=O)c2ccc([N+](=O)[O-])cc2)[C@H](Cc2ccccc2)NC(=O)OC2CCOC2)cc1. The number of nitrogens with two attached hydrogens (primary N) is 1. The van der Waals surface area contributed by atoms with Gasteiger partial charge in [-0.1, -0.05) is 106 Å². The van der Waals surface area contributed by atoms with Gasteiger partial charge in [0, 0.05) is 50.3 Å². The van der Waals surface area contributed by atoms with Crippen molar-refractivity contribution in [1.29, 1.82) is 0 Å². The summed E-state index contributed by atoms with van der Waals surface area (Å²) in [6.45, 7) is 10.7. The highest BCUT2D eigenvalue weighted by Crippen LogP contribution is 2.26. The number of nitro groups is 1. The molecule has 0 aromatic heterocycles. The lowest BCUT2D eigenvalue weighted by Gasteiger charge is -2.33. The normalized spacial score (nSPS) is 16.3. The van der Waals surface area contributed by atoms with Crippen molar-refractivity contribution in [2.45, 2.75) is 107 Å². The minimum absolute atomic E-state index is 0.00804. The van der Waals surface area contributed by atoms with Crippen LogP contribution in [0.2, 0.25) is 0 Å². The van der Waals surface area contributed by atoms with Crippen LogP contribution in [0.4, 0.5) is 30.6 Å². The van der Waals surface area contributed by atoms with Crippen LogP contribution in [-0.2, 0) is 66.0 Å². The third kappa shape index (κ3) is 23.2. The van der Waals surface area contributed by atoms with Crippen molar-refractivity contribution in [3.05, 3.63) is 160 Å². The Kier molecular flexibility index (Phi) is 27.4. The largest absolute Gasteiger partial charge is 0.514 e. The summed E-state index contributed by atoms with van der Waals surface area (Å²) in [7, 11) is -6.60. The molecule has 4 unspecified atom stereocenters. The van der Waals surface area contributed by atoms with E-state index in [0.717, 1.165) is 45.3 Å². The average Bonchev–Trinajstić information content (AvgIpc) is 3.31. The number of non-ortho nitro benzene ring substituents is 1. The standard InChI is InChI=1S/C33H39N3O10S.C29H42N4O8S/c1-23(2)20-35(47(41,42)29-15-11-26(12-16-29)36(39)40)21-31(46-33(38)45-27-13-9-24(3)10-14-27)30(19-25-7-5-4-6-8-25)34-32(37)44-28-17-18-43-22-28;1-21(2)18-33(42(36,37)25-11-9-23(30)10-12-25)19-27(41-29(35)39-16-14-31-3)26(17-22-7-5-4-6-8-22)32-28(34)40-24-13-15-38-20-24/h4-16,23,28,30-31H,17-22H2,1-3H3,(H,34,37);4-12,21,24,26-27,31H,13-20,30H2,1-3H3,(H,32,34)/t28?,30-,31?;24?,26-,27?/m00/s1. The zero-order valence-electron chi connectivity index (χ0n) is 50.8. The number of nitrogens with zero attached hydrogens (tertiary/aromatic N) is 3. The van der Waals surface area contributed by atoms with Crippen molar-refractivity contribution in [2.24, 2.45) is 11.8 Å². The van der Waals surface area contributed by atoms with Crippen LogP contribution in [0.15, 0.2) is 143 Å². The maximum Gasteiger partial charge on any atom is 0.514 e. The maximum atomic E-state index is 14.0. The lowest BCUT2D eigenvalue weighted by molar-refractivity contribution is -0.384. The van der Waals surface area contributed by atoms with Gasteiger partial charge >= 0.3 is 24.5 Å². The molecular formula is C62H81N7O18S2. The molecule has 484 valence electrons. The fourth-order valence-corrected chi connectivity index (χ4v) is 12.6. The number of hydrogen-bond acceptors (Lipinski definition) is 20. The Morgan fingerprint density at radius 3 is 1.47 bits per heavy atom. The van der Waals surface area contributed by atoms with E-state index in [1.807, 2.05) is 95.3 Å². The van der Waals surface area contributed by atoms with Crippen LogP contribution in [0, 0.1) is 28.9 Å². The molecular weight excluding hydrogens is 1190 g/mol. The quantitative estimate of drug-likeness (QED) is 0.00669. The predicted octanol–water partition coefficient (Wildman–Crippen LogP) is 8.04. The molecule has 2 aliphatic rings. The van der Waals surface area contributed by atoms with E-state index in [0.29, 0.717) is 38.3 Å². The molecule has 0 spiro atoms. The van der Waals surface area contributed by atoms with Gasteiger partial charge in [0.05, 0.1) is 66.3 Å². The fourth-order valence-electron chi connectivity index (χ4n) is 9.34. The van der Waals surface area contributed by atoms with E-state index >= 15 is 0 Å². The highest BCUT2D eigenvalue weighted by Gasteiger charge is 2.38. The zero-order valence-corrected chi connectivity index (χ0v) is 52.4. The number of alkyl carbamates (subject to hydrolysis) is 2. The van der Waals surface area contributed by atoms with Crippen LogP contribution in [0.25, 0.3) is 0 Å². The maximum absolute atomic E-state index is 14.0. The Morgan fingerprint density at radius 1 is 0.629 bits per heavy atom. The molecule has 2 heterocycles. The molecule has 2 saturated heterocycles. The number of hydrogen-bond donors (Lipinski definition) is 4. The van der Waals surface area contributed by atoms with Gasteiger partial charge in [0.1, 0.15) is 36.8 Å². The Hall–Kier alpha value is -7.92. The van der Waals surface area contributed by atoms with Crippen molar-refractivity contribution >= 4 is 55.9 Å². The number of sulfonamides is 2.